The molecule has 3 rings (SSSR count). The molecule has 0 radical (unpaired) electrons. The molecule has 0 fully saturated rings. The van der Waals surface area contributed by atoms with Gasteiger partial charge in [-0.3, -0.25) is 0 Å². The van der Waals surface area contributed by atoms with Crippen LogP contribution in [0.15, 0.2) is 16.0 Å². The molecule has 5 nitrogen and oxygen atoms in total. The summed E-state index contributed by atoms with van der Waals surface area (Å²) >= 11 is 1.77. The number of nitrogens with one attached hydrogen (secondary N) is 1. The number of nitrogens with zero attached hydrogens (tertiary/aromatic N) is 2. The van der Waals surface area contributed by atoms with Crippen molar-refractivity contribution in [1.82, 2.24) is 15.5 Å². The number of fused-ring (bicyclic) bond motifs is 1. The minimum atomic E-state index is 0.00458. The quantitative estimate of drug-likeness (QED) is 0.848. The molecule has 0 bridgehead atoms. The third kappa shape index (κ3) is 1.99. The fourth-order valence-electron chi connectivity index (χ4n) is 2.06. The molecule has 0 saturated carbocycles. The Morgan fingerprint density at radius 1 is 1.59 bits per heavy atom. The zero-order chi connectivity index (χ0) is 11.7. The molecule has 90 valence electrons. The first-order valence-corrected chi connectivity index (χ1v) is 6.49. The van der Waals surface area contributed by atoms with Crippen LogP contribution in [-0.4, -0.2) is 28.4 Å². The monoisotopic (exact) mass is 251 g/mol. The molecule has 2 aromatic rings. The largest absolute Gasteiger partial charge is 0.396 e. The van der Waals surface area contributed by atoms with Crippen LogP contribution in [0, 0.1) is 0 Å². The Morgan fingerprint density at radius 2 is 2.53 bits per heavy atom. The summed E-state index contributed by atoms with van der Waals surface area (Å²) in [6.07, 6.45) is 1.49. The van der Waals surface area contributed by atoms with Gasteiger partial charge in [0.1, 0.15) is 6.04 Å². The van der Waals surface area contributed by atoms with Gasteiger partial charge in [-0.1, -0.05) is 5.16 Å². The van der Waals surface area contributed by atoms with E-state index in [-0.39, 0.29) is 12.6 Å². The van der Waals surface area contributed by atoms with Crippen molar-refractivity contribution in [3.63, 3.8) is 0 Å². The van der Waals surface area contributed by atoms with Gasteiger partial charge in [0.25, 0.3) is 0 Å². The number of aromatic nitrogens is 2. The highest BCUT2D eigenvalue weighted by Gasteiger charge is 2.26. The van der Waals surface area contributed by atoms with Crippen LogP contribution >= 0.6 is 11.3 Å². The van der Waals surface area contributed by atoms with E-state index in [0.29, 0.717) is 18.1 Å². The van der Waals surface area contributed by atoms with Crippen LogP contribution in [0.3, 0.4) is 0 Å². The predicted octanol–water partition coefficient (Wildman–Crippen LogP) is 0.901. The van der Waals surface area contributed by atoms with E-state index >= 15 is 0 Å². The van der Waals surface area contributed by atoms with Crippen molar-refractivity contribution in [1.29, 1.82) is 0 Å². The standard InChI is InChI=1S/C11H13N3O2S/c15-5-2-9-13-11(16-14-9)10-7-3-6-17-8(7)1-4-12-10/h3,6,10,12,15H,1-2,4-5H2. The Morgan fingerprint density at radius 3 is 3.41 bits per heavy atom. The summed E-state index contributed by atoms with van der Waals surface area (Å²) in [6, 6.07) is 2.11. The van der Waals surface area contributed by atoms with Crippen molar-refractivity contribution < 1.29 is 9.63 Å². The molecule has 6 heteroatoms. The van der Waals surface area contributed by atoms with Crippen molar-refractivity contribution in [2.24, 2.45) is 0 Å². The van der Waals surface area contributed by atoms with Gasteiger partial charge in [0.15, 0.2) is 5.82 Å². The van der Waals surface area contributed by atoms with Gasteiger partial charge < -0.3 is 14.9 Å². The van der Waals surface area contributed by atoms with Crippen molar-refractivity contribution in [2.75, 3.05) is 13.2 Å². The highest BCUT2D eigenvalue weighted by molar-refractivity contribution is 7.10. The number of rotatable bonds is 3. The highest BCUT2D eigenvalue weighted by atomic mass is 32.1. The van der Waals surface area contributed by atoms with Gasteiger partial charge in [-0.05, 0) is 23.4 Å². The van der Waals surface area contributed by atoms with Crippen molar-refractivity contribution in [3.8, 4) is 0 Å². The fraction of sp³-hybridized carbons (Fsp3) is 0.455. The molecule has 17 heavy (non-hydrogen) atoms. The molecule has 1 aliphatic rings. The van der Waals surface area contributed by atoms with E-state index in [1.165, 1.54) is 10.4 Å². The van der Waals surface area contributed by atoms with Crippen LogP contribution in [0.1, 0.15) is 28.2 Å². The lowest BCUT2D eigenvalue weighted by molar-refractivity contribution is 0.292. The van der Waals surface area contributed by atoms with E-state index in [1.54, 1.807) is 11.3 Å². The first-order valence-electron chi connectivity index (χ1n) is 5.61. The minimum absolute atomic E-state index is 0.00458. The molecule has 3 heterocycles. The summed E-state index contributed by atoms with van der Waals surface area (Å²) < 4.78 is 5.25. The summed E-state index contributed by atoms with van der Waals surface area (Å²) in [6.45, 7) is 0.969. The summed E-state index contributed by atoms with van der Waals surface area (Å²) in [5, 5.41) is 18.2. The van der Waals surface area contributed by atoms with Crippen LogP contribution < -0.4 is 5.32 Å². The van der Waals surface area contributed by atoms with E-state index in [1.807, 2.05) is 0 Å². The molecule has 1 unspecified atom stereocenters. The molecular formula is C11H13N3O2S. The van der Waals surface area contributed by atoms with E-state index in [2.05, 4.69) is 26.9 Å². The molecular weight excluding hydrogens is 238 g/mol. The van der Waals surface area contributed by atoms with Gasteiger partial charge in [0, 0.05) is 17.8 Å². The second-order valence-electron chi connectivity index (χ2n) is 3.96. The number of aliphatic hydroxyl groups excluding tert-OH is 1. The topological polar surface area (TPSA) is 71.2 Å². The third-order valence-electron chi connectivity index (χ3n) is 2.86. The van der Waals surface area contributed by atoms with Crippen molar-refractivity contribution in [2.45, 2.75) is 18.9 Å². The van der Waals surface area contributed by atoms with Crippen LogP contribution in [0.2, 0.25) is 0 Å². The molecule has 0 amide bonds. The highest BCUT2D eigenvalue weighted by Crippen LogP contribution is 2.31. The fourth-order valence-corrected chi connectivity index (χ4v) is 2.98. The van der Waals surface area contributed by atoms with Gasteiger partial charge in [0.05, 0.1) is 6.61 Å². The predicted molar refractivity (Wildman–Crippen MR) is 63.0 cm³/mol. The summed E-state index contributed by atoms with van der Waals surface area (Å²) in [4.78, 5) is 5.69. The average molecular weight is 251 g/mol. The minimum Gasteiger partial charge on any atom is -0.396 e. The van der Waals surface area contributed by atoms with E-state index in [9.17, 15) is 0 Å². The maximum Gasteiger partial charge on any atom is 0.248 e. The summed E-state index contributed by atoms with van der Waals surface area (Å²) in [5.41, 5.74) is 1.24. The van der Waals surface area contributed by atoms with Gasteiger partial charge in [0.2, 0.25) is 5.89 Å². The lowest BCUT2D eigenvalue weighted by Gasteiger charge is -2.20. The lowest BCUT2D eigenvalue weighted by Crippen LogP contribution is -2.29. The van der Waals surface area contributed by atoms with Crippen LogP contribution in [0.5, 0.6) is 0 Å². The Labute approximate surface area is 102 Å². The second-order valence-corrected chi connectivity index (χ2v) is 4.96. The number of aliphatic hydroxyl groups is 1. The van der Waals surface area contributed by atoms with Crippen LogP contribution in [-0.2, 0) is 12.8 Å². The average Bonchev–Trinajstić information content (AvgIpc) is 2.96. The summed E-state index contributed by atoms with van der Waals surface area (Å²) in [7, 11) is 0. The zero-order valence-electron chi connectivity index (χ0n) is 9.22. The Hall–Kier alpha value is -1.24. The van der Waals surface area contributed by atoms with Gasteiger partial charge in [-0.15, -0.1) is 11.3 Å². The van der Waals surface area contributed by atoms with Gasteiger partial charge in [-0.2, -0.15) is 4.98 Å². The van der Waals surface area contributed by atoms with E-state index in [0.717, 1.165) is 13.0 Å². The molecule has 1 atom stereocenters. The van der Waals surface area contributed by atoms with Gasteiger partial charge >= 0.3 is 0 Å². The number of hydrogen-bond acceptors (Lipinski definition) is 6. The smallest absolute Gasteiger partial charge is 0.248 e. The normalized spacial score (nSPS) is 19.2. The van der Waals surface area contributed by atoms with Crippen LogP contribution in [0.25, 0.3) is 0 Å². The first-order chi connectivity index (χ1) is 8.38. The van der Waals surface area contributed by atoms with E-state index < -0.39 is 0 Å². The van der Waals surface area contributed by atoms with Crippen LogP contribution in [0.4, 0.5) is 0 Å². The van der Waals surface area contributed by atoms with Crippen molar-refractivity contribution >= 4 is 11.3 Å². The Kier molecular flexibility index (Phi) is 2.92. The third-order valence-corrected chi connectivity index (χ3v) is 3.85. The molecule has 0 spiro atoms. The molecule has 0 aromatic carbocycles. The molecule has 2 N–H and O–H groups in total. The SMILES string of the molecule is OCCc1noc(C2NCCc3sccc32)n1. The second kappa shape index (κ2) is 4.56. The van der Waals surface area contributed by atoms with Crippen molar-refractivity contribution in [3.05, 3.63) is 33.6 Å². The number of thiophene rings is 1. The van der Waals surface area contributed by atoms with E-state index in [4.69, 9.17) is 9.63 Å². The first kappa shape index (κ1) is 10.9. The zero-order valence-corrected chi connectivity index (χ0v) is 10.0. The molecule has 0 saturated heterocycles. The Balaban J connectivity index is 1.90. The molecule has 2 aromatic heterocycles. The lowest BCUT2D eigenvalue weighted by atomic mass is 10.0. The van der Waals surface area contributed by atoms with Gasteiger partial charge in [-0.25, -0.2) is 0 Å². The summed E-state index contributed by atoms with van der Waals surface area (Å²) in [5.74, 6) is 1.15. The maximum atomic E-state index is 8.83. The molecule has 0 aliphatic carbocycles. The number of hydrogen-bond donors (Lipinski definition) is 2. The molecule has 1 aliphatic heterocycles. The Bertz CT molecular complexity index is 508. The maximum absolute atomic E-state index is 8.83.